The van der Waals surface area contributed by atoms with E-state index in [0.29, 0.717) is 15.7 Å². The number of nitrogens with one attached hydrogen (secondary N) is 1. The van der Waals surface area contributed by atoms with Gasteiger partial charge in [0.1, 0.15) is 16.4 Å². The van der Waals surface area contributed by atoms with Gasteiger partial charge >= 0.3 is 0 Å². The van der Waals surface area contributed by atoms with Gasteiger partial charge in [0, 0.05) is 16.1 Å². The predicted octanol–water partition coefficient (Wildman–Crippen LogP) is 3.97. The number of fused-ring (bicyclic) bond motifs is 1. The van der Waals surface area contributed by atoms with Crippen LogP contribution in [0.2, 0.25) is 5.02 Å². The van der Waals surface area contributed by atoms with E-state index in [1.807, 2.05) is 12.1 Å². The number of amides is 1. The molecule has 0 aliphatic rings. The molecular weight excluding hydrogens is 436 g/mol. The first-order valence-corrected chi connectivity index (χ1v) is 10.3. The number of nitrogens with zero attached hydrogens (tertiary/aromatic N) is 3. The molecule has 31 heavy (non-hydrogen) atoms. The number of carbonyl (C=O) groups is 1. The van der Waals surface area contributed by atoms with Gasteiger partial charge in [0.15, 0.2) is 0 Å². The first-order valence-electron chi connectivity index (χ1n) is 9.09. The van der Waals surface area contributed by atoms with Gasteiger partial charge < -0.3 is 5.11 Å². The van der Waals surface area contributed by atoms with Crippen LogP contribution in [0, 0.1) is 0 Å². The second-order valence-corrected chi connectivity index (χ2v) is 7.84. The molecule has 0 atom stereocenters. The van der Waals surface area contributed by atoms with Crippen LogP contribution in [0.4, 0.5) is 0 Å². The smallest absolute Gasteiger partial charge is 0.275 e. The lowest BCUT2D eigenvalue weighted by molar-refractivity contribution is 0.0952. The van der Waals surface area contributed by atoms with Crippen molar-refractivity contribution in [3.8, 4) is 5.75 Å². The predicted molar refractivity (Wildman–Crippen MR) is 120 cm³/mol. The topological polar surface area (TPSA) is 96.1 Å². The molecule has 0 radical (unpaired) electrons. The quantitative estimate of drug-likeness (QED) is 0.272. The third-order valence-corrected chi connectivity index (χ3v) is 5.54. The Hall–Kier alpha value is -3.62. The zero-order chi connectivity index (χ0) is 21.8. The number of phenols is 1. The molecule has 4 aromatic rings. The largest absolute Gasteiger partial charge is 0.507 e. The molecular formula is C22H15ClN4O3S. The second kappa shape index (κ2) is 9.03. The van der Waals surface area contributed by atoms with E-state index in [0.717, 1.165) is 4.90 Å². The van der Waals surface area contributed by atoms with Crippen molar-refractivity contribution in [1.29, 1.82) is 0 Å². The third-order valence-electron chi connectivity index (χ3n) is 4.27. The van der Waals surface area contributed by atoms with Crippen LogP contribution in [0.5, 0.6) is 5.75 Å². The summed E-state index contributed by atoms with van der Waals surface area (Å²) in [5.74, 6) is -0.767. The molecule has 2 heterocycles. The van der Waals surface area contributed by atoms with Gasteiger partial charge in [-0.1, -0.05) is 41.6 Å². The molecule has 0 spiro atoms. The molecule has 0 aliphatic carbocycles. The number of benzene rings is 2. The number of phenolic OH excluding ortho intramolecular Hbond substituents is 1. The molecule has 0 saturated heterocycles. The van der Waals surface area contributed by atoms with E-state index in [4.69, 9.17) is 11.6 Å². The van der Waals surface area contributed by atoms with Crippen LogP contribution < -0.4 is 11.0 Å². The Morgan fingerprint density at radius 2 is 1.84 bits per heavy atom. The fourth-order valence-electron chi connectivity index (χ4n) is 2.77. The highest BCUT2D eigenvalue weighted by Crippen LogP contribution is 2.28. The van der Waals surface area contributed by atoms with Crippen LogP contribution >= 0.6 is 23.4 Å². The summed E-state index contributed by atoms with van der Waals surface area (Å²) in [6.45, 7) is 0. The Morgan fingerprint density at radius 3 is 2.61 bits per heavy atom. The lowest BCUT2D eigenvalue weighted by atomic mass is 10.2. The molecule has 2 N–H and O–H groups in total. The fourth-order valence-corrected chi connectivity index (χ4v) is 3.78. The number of aromatic nitrogens is 2. The van der Waals surface area contributed by atoms with Crippen molar-refractivity contribution in [2.75, 3.05) is 0 Å². The van der Waals surface area contributed by atoms with Crippen molar-refractivity contribution in [2.45, 2.75) is 9.92 Å². The Kier molecular flexibility index (Phi) is 6.01. The van der Waals surface area contributed by atoms with Crippen LogP contribution in [0.15, 0.2) is 92.7 Å². The molecule has 1 amide bonds. The Balaban J connectivity index is 1.69. The number of para-hydroxylation sites is 1. The minimum atomic E-state index is -0.602. The lowest BCUT2D eigenvalue weighted by Crippen LogP contribution is -2.23. The van der Waals surface area contributed by atoms with Crippen molar-refractivity contribution < 1.29 is 9.90 Å². The summed E-state index contributed by atoms with van der Waals surface area (Å²) in [5.41, 5.74) is 2.77. The molecule has 0 aliphatic heterocycles. The Labute approximate surface area is 186 Å². The Bertz CT molecular complexity index is 1350. The normalized spacial score (nSPS) is 11.1. The van der Waals surface area contributed by atoms with Crippen molar-refractivity contribution in [3.05, 3.63) is 99.4 Å². The molecule has 0 fully saturated rings. The van der Waals surface area contributed by atoms with Gasteiger partial charge in [0.25, 0.3) is 11.5 Å². The number of halogens is 1. The van der Waals surface area contributed by atoms with E-state index in [9.17, 15) is 14.7 Å². The highest BCUT2D eigenvalue weighted by atomic mass is 35.5. The average molecular weight is 451 g/mol. The van der Waals surface area contributed by atoms with Gasteiger partial charge in [-0.2, -0.15) is 5.10 Å². The van der Waals surface area contributed by atoms with Crippen LogP contribution in [0.3, 0.4) is 0 Å². The molecule has 154 valence electrons. The monoisotopic (exact) mass is 450 g/mol. The standard InChI is InChI=1S/C22H15ClN4O3S/c23-14-8-10-15(11-9-14)31-21-17(22(30)27-12-4-3-7-19(27)25-21)13-24-26-20(29)16-5-1-2-6-18(16)28/h1-13,28H,(H,26,29). The van der Waals surface area contributed by atoms with E-state index in [1.54, 1.807) is 48.7 Å². The van der Waals surface area contributed by atoms with Gasteiger partial charge in [-0.25, -0.2) is 10.4 Å². The maximum absolute atomic E-state index is 13.0. The number of hydrazone groups is 1. The number of carbonyl (C=O) groups excluding carboxylic acids is 1. The zero-order valence-corrected chi connectivity index (χ0v) is 17.5. The second-order valence-electron chi connectivity index (χ2n) is 6.34. The van der Waals surface area contributed by atoms with Crippen LogP contribution in [-0.4, -0.2) is 26.6 Å². The number of hydrogen-bond donors (Lipinski definition) is 2. The highest BCUT2D eigenvalue weighted by molar-refractivity contribution is 7.99. The molecule has 2 aromatic carbocycles. The molecule has 2 aromatic heterocycles. The third kappa shape index (κ3) is 4.60. The summed E-state index contributed by atoms with van der Waals surface area (Å²) in [6.07, 6.45) is 2.87. The molecule has 4 rings (SSSR count). The maximum atomic E-state index is 13.0. The first-order chi connectivity index (χ1) is 15.0. The minimum absolute atomic E-state index is 0.0729. The highest BCUT2D eigenvalue weighted by Gasteiger charge is 2.14. The van der Waals surface area contributed by atoms with Gasteiger partial charge in [-0.3, -0.25) is 14.0 Å². The van der Waals surface area contributed by atoms with Crippen molar-refractivity contribution >= 4 is 41.1 Å². The van der Waals surface area contributed by atoms with Crippen molar-refractivity contribution in [2.24, 2.45) is 5.10 Å². The number of rotatable bonds is 5. The average Bonchev–Trinajstić information content (AvgIpc) is 2.77. The number of hydrogen-bond acceptors (Lipinski definition) is 6. The van der Waals surface area contributed by atoms with E-state index >= 15 is 0 Å². The Morgan fingerprint density at radius 1 is 1.10 bits per heavy atom. The first kappa shape index (κ1) is 20.6. The van der Waals surface area contributed by atoms with Crippen LogP contribution in [0.25, 0.3) is 5.65 Å². The fraction of sp³-hybridized carbons (Fsp3) is 0. The van der Waals surface area contributed by atoms with Crippen molar-refractivity contribution in [1.82, 2.24) is 14.8 Å². The molecule has 0 unspecified atom stereocenters. The van der Waals surface area contributed by atoms with E-state index in [2.05, 4.69) is 15.5 Å². The summed E-state index contributed by atoms with van der Waals surface area (Å²) >= 11 is 7.23. The van der Waals surface area contributed by atoms with Gasteiger partial charge in [0.05, 0.1) is 17.3 Å². The van der Waals surface area contributed by atoms with Crippen LogP contribution in [-0.2, 0) is 0 Å². The number of pyridine rings is 1. The summed E-state index contributed by atoms with van der Waals surface area (Å²) in [7, 11) is 0. The van der Waals surface area contributed by atoms with Gasteiger partial charge in [0.2, 0.25) is 0 Å². The molecule has 7 nitrogen and oxygen atoms in total. The maximum Gasteiger partial charge on any atom is 0.275 e. The van der Waals surface area contributed by atoms with Gasteiger partial charge in [-0.15, -0.1) is 0 Å². The summed E-state index contributed by atoms with van der Waals surface area (Å²) in [5, 5.41) is 14.7. The summed E-state index contributed by atoms with van der Waals surface area (Å²) < 4.78 is 1.40. The van der Waals surface area contributed by atoms with Crippen LogP contribution in [0.1, 0.15) is 15.9 Å². The molecule has 9 heteroatoms. The van der Waals surface area contributed by atoms with E-state index < -0.39 is 5.91 Å². The SMILES string of the molecule is O=C(NN=Cc1c(Sc2ccc(Cl)cc2)nc2ccccn2c1=O)c1ccccc1O. The van der Waals surface area contributed by atoms with Gasteiger partial charge in [-0.05, 0) is 48.5 Å². The minimum Gasteiger partial charge on any atom is -0.507 e. The van der Waals surface area contributed by atoms with Crippen molar-refractivity contribution in [3.63, 3.8) is 0 Å². The van der Waals surface area contributed by atoms with E-state index in [1.165, 1.54) is 34.5 Å². The summed E-state index contributed by atoms with van der Waals surface area (Å²) in [4.78, 5) is 30.7. The zero-order valence-electron chi connectivity index (χ0n) is 15.9. The molecule has 0 bridgehead atoms. The summed E-state index contributed by atoms with van der Waals surface area (Å²) in [6, 6.07) is 18.5. The number of aromatic hydroxyl groups is 1. The lowest BCUT2D eigenvalue weighted by Gasteiger charge is -2.08. The van der Waals surface area contributed by atoms with E-state index in [-0.39, 0.29) is 22.4 Å². The molecule has 0 saturated carbocycles.